The van der Waals surface area contributed by atoms with Gasteiger partial charge in [0.15, 0.2) is 0 Å². The number of furan rings is 1. The van der Waals surface area contributed by atoms with E-state index in [2.05, 4.69) is 11.4 Å². The minimum Gasteiger partial charge on any atom is -0.467 e. The monoisotopic (exact) mass is 366 g/mol. The van der Waals surface area contributed by atoms with E-state index < -0.39 is 18.6 Å². The van der Waals surface area contributed by atoms with Gasteiger partial charge in [-0.2, -0.15) is 13.2 Å². The maximum atomic E-state index is 12.8. The first-order chi connectivity index (χ1) is 12.4. The molecule has 140 valence electrons. The fourth-order valence-corrected chi connectivity index (χ4v) is 3.33. The summed E-state index contributed by atoms with van der Waals surface area (Å²) in [7, 11) is 0. The molecule has 1 amide bonds. The molecule has 0 fully saturated rings. The number of aryl methyl sites for hydroxylation is 1. The summed E-state index contributed by atoms with van der Waals surface area (Å²) in [6.07, 6.45) is -0.243. The molecule has 0 saturated heterocycles. The SMILES string of the molecule is O=C(CN[C@@H]1CCCc2ccccc21)N(Cc1ccco1)CC(F)(F)F. The lowest BCUT2D eigenvalue weighted by atomic mass is 9.88. The Kier molecular flexibility index (Phi) is 5.66. The lowest BCUT2D eigenvalue weighted by molar-refractivity contribution is -0.162. The van der Waals surface area contributed by atoms with E-state index in [-0.39, 0.29) is 19.1 Å². The number of hydrogen-bond acceptors (Lipinski definition) is 3. The van der Waals surface area contributed by atoms with Crippen molar-refractivity contribution >= 4 is 5.91 Å². The van der Waals surface area contributed by atoms with E-state index in [9.17, 15) is 18.0 Å². The first-order valence-corrected chi connectivity index (χ1v) is 8.60. The van der Waals surface area contributed by atoms with Crippen LogP contribution in [-0.4, -0.2) is 30.1 Å². The van der Waals surface area contributed by atoms with Crippen molar-refractivity contribution in [3.05, 3.63) is 59.5 Å². The van der Waals surface area contributed by atoms with Crippen LogP contribution in [0.3, 0.4) is 0 Å². The molecular formula is C19H21F3N2O2. The second kappa shape index (κ2) is 7.95. The molecule has 0 aliphatic heterocycles. The van der Waals surface area contributed by atoms with Crippen LogP contribution in [-0.2, 0) is 17.8 Å². The number of nitrogens with zero attached hydrogens (tertiary/aromatic N) is 1. The van der Waals surface area contributed by atoms with Gasteiger partial charge < -0.3 is 14.6 Å². The van der Waals surface area contributed by atoms with Crippen LogP contribution < -0.4 is 5.32 Å². The van der Waals surface area contributed by atoms with E-state index >= 15 is 0 Å². The van der Waals surface area contributed by atoms with Crippen molar-refractivity contribution < 1.29 is 22.4 Å². The smallest absolute Gasteiger partial charge is 0.406 e. The first kappa shape index (κ1) is 18.5. The molecule has 0 radical (unpaired) electrons. The van der Waals surface area contributed by atoms with Crippen LogP contribution in [0, 0.1) is 0 Å². The molecule has 2 aromatic rings. The second-order valence-corrected chi connectivity index (χ2v) is 6.47. The number of carbonyl (C=O) groups excluding carboxylic acids is 1. The normalized spacial score (nSPS) is 17.0. The maximum Gasteiger partial charge on any atom is 0.406 e. The van der Waals surface area contributed by atoms with Gasteiger partial charge in [-0.3, -0.25) is 4.79 Å². The fourth-order valence-electron chi connectivity index (χ4n) is 3.33. The van der Waals surface area contributed by atoms with Crippen LogP contribution in [0.1, 0.15) is 35.8 Å². The standard InChI is InChI=1S/C19H21F3N2O2/c20-19(21,22)13-24(12-15-7-4-10-26-15)18(25)11-23-17-9-3-6-14-5-1-2-8-16(14)17/h1-2,4-5,7-8,10,17,23H,3,6,9,11-13H2/t17-/m1/s1. The van der Waals surface area contributed by atoms with Crippen molar-refractivity contribution in [1.29, 1.82) is 0 Å². The summed E-state index contributed by atoms with van der Waals surface area (Å²) in [6.45, 7) is -1.64. The van der Waals surface area contributed by atoms with Gasteiger partial charge in [-0.1, -0.05) is 24.3 Å². The summed E-state index contributed by atoms with van der Waals surface area (Å²) >= 11 is 0. The molecule has 3 rings (SSSR count). The Labute approximate surface area is 150 Å². The third kappa shape index (κ3) is 4.88. The van der Waals surface area contributed by atoms with Gasteiger partial charge in [-0.05, 0) is 42.5 Å². The van der Waals surface area contributed by atoms with Gasteiger partial charge >= 0.3 is 6.18 Å². The highest BCUT2D eigenvalue weighted by molar-refractivity contribution is 5.78. The topological polar surface area (TPSA) is 45.5 Å². The van der Waals surface area contributed by atoms with Crippen LogP contribution >= 0.6 is 0 Å². The minimum absolute atomic E-state index is 0.0137. The van der Waals surface area contributed by atoms with Gasteiger partial charge in [0, 0.05) is 6.04 Å². The summed E-state index contributed by atoms with van der Waals surface area (Å²) < 4.78 is 43.6. The highest BCUT2D eigenvalue weighted by atomic mass is 19.4. The zero-order valence-electron chi connectivity index (χ0n) is 14.3. The van der Waals surface area contributed by atoms with Crippen LogP contribution in [0.5, 0.6) is 0 Å². The van der Waals surface area contributed by atoms with E-state index in [1.54, 1.807) is 12.1 Å². The van der Waals surface area contributed by atoms with E-state index in [1.165, 1.54) is 11.8 Å². The van der Waals surface area contributed by atoms with Crippen LogP contribution in [0.25, 0.3) is 0 Å². The van der Waals surface area contributed by atoms with Crippen molar-refractivity contribution in [2.45, 2.75) is 38.0 Å². The molecule has 0 spiro atoms. The largest absolute Gasteiger partial charge is 0.467 e. The quantitative estimate of drug-likeness (QED) is 0.845. The van der Waals surface area contributed by atoms with Gasteiger partial charge in [0.05, 0.1) is 19.4 Å². The summed E-state index contributed by atoms with van der Waals surface area (Å²) in [4.78, 5) is 13.2. The maximum absolute atomic E-state index is 12.8. The second-order valence-electron chi connectivity index (χ2n) is 6.47. The zero-order valence-corrected chi connectivity index (χ0v) is 14.3. The number of fused-ring (bicyclic) bond motifs is 1. The molecule has 0 unspecified atom stereocenters. The molecule has 4 nitrogen and oxygen atoms in total. The van der Waals surface area contributed by atoms with Crippen molar-refractivity contribution in [2.24, 2.45) is 0 Å². The van der Waals surface area contributed by atoms with Gasteiger partial charge in [0.1, 0.15) is 12.3 Å². The highest BCUT2D eigenvalue weighted by Gasteiger charge is 2.33. The average Bonchev–Trinajstić information content (AvgIpc) is 3.11. The van der Waals surface area contributed by atoms with E-state index in [0.29, 0.717) is 5.76 Å². The molecule has 1 atom stereocenters. The molecule has 1 N–H and O–H groups in total. The van der Waals surface area contributed by atoms with Crippen LogP contribution in [0.15, 0.2) is 47.1 Å². The van der Waals surface area contributed by atoms with E-state index in [4.69, 9.17) is 4.42 Å². The zero-order chi connectivity index (χ0) is 18.6. The van der Waals surface area contributed by atoms with Crippen LogP contribution in [0.2, 0.25) is 0 Å². The Bertz CT molecular complexity index is 729. The Hall–Kier alpha value is -2.28. The molecule has 1 aliphatic carbocycles. The third-order valence-corrected chi connectivity index (χ3v) is 4.52. The molecule has 0 saturated carbocycles. The summed E-state index contributed by atoms with van der Waals surface area (Å²) in [5.41, 5.74) is 2.35. The van der Waals surface area contributed by atoms with Gasteiger partial charge in [-0.25, -0.2) is 0 Å². The molecule has 0 bridgehead atoms. The lowest BCUT2D eigenvalue weighted by Crippen LogP contribution is -2.43. The number of benzene rings is 1. The fraction of sp³-hybridized carbons (Fsp3) is 0.421. The summed E-state index contributed by atoms with van der Waals surface area (Å²) in [5, 5.41) is 3.13. The third-order valence-electron chi connectivity index (χ3n) is 4.52. The molecule has 26 heavy (non-hydrogen) atoms. The van der Waals surface area contributed by atoms with E-state index in [0.717, 1.165) is 29.7 Å². The lowest BCUT2D eigenvalue weighted by Gasteiger charge is -2.28. The average molecular weight is 366 g/mol. The number of carbonyl (C=O) groups is 1. The van der Waals surface area contributed by atoms with Gasteiger partial charge in [-0.15, -0.1) is 0 Å². The van der Waals surface area contributed by atoms with Gasteiger partial charge in [0.25, 0.3) is 0 Å². The van der Waals surface area contributed by atoms with Crippen molar-refractivity contribution in [3.63, 3.8) is 0 Å². The number of halogens is 3. The Morgan fingerprint density at radius 2 is 2.04 bits per heavy atom. The number of rotatable bonds is 6. The molecule has 1 aromatic carbocycles. The number of alkyl halides is 3. The van der Waals surface area contributed by atoms with E-state index in [1.807, 2.05) is 18.2 Å². The molecular weight excluding hydrogens is 345 g/mol. The van der Waals surface area contributed by atoms with Crippen molar-refractivity contribution in [1.82, 2.24) is 10.2 Å². The highest BCUT2D eigenvalue weighted by Crippen LogP contribution is 2.29. The molecule has 1 aromatic heterocycles. The predicted molar refractivity (Wildman–Crippen MR) is 90.3 cm³/mol. The number of hydrogen-bond donors (Lipinski definition) is 1. The molecule has 1 heterocycles. The van der Waals surface area contributed by atoms with Crippen LogP contribution in [0.4, 0.5) is 13.2 Å². The predicted octanol–water partition coefficient (Wildman–Crippen LogP) is 3.84. The first-order valence-electron chi connectivity index (χ1n) is 8.60. The van der Waals surface area contributed by atoms with Crippen molar-refractivity contribution in [3.8, 4) is 0 Å². The summed E-state index contributed by atoms with van der Waals surface area (Å²) in [5.74, 6) is -0.271. The Morgan fingerprint density at radius 3 is 2.77 bits per heavy atom. The molecule has 7 heteroatoms. The Morgan fingerprint density at radius 1 is 1.23 bits per heavy atom. The molecule has 1 aliphatic rings. The van der Waals surface area contributed by atoms with Gasteiger partial charge in [0.2, 0.25) is 5.91 Å². The number of amides is 1. The Balaban J connectivity index is 1.64. The minimum atomic E-state index is -4.46. The van der Waals surface area contributed by atoms with Crippen molar-refractivity contribution in [2.75, 3.05) is 13.1 Å². The summed E-state index contributed by atoms with van der Waals surface area (Å²) in [6, 6.07) is 11.1. The number of nitrogens with one attached hydrogen (secondary N) is 1.